The van der Waals surface area contributed by atoms with Crippen LogP contribution in [-0.4, -0.2) is 48.1 Å². The van der Waals surface area contributed by atoms with E-state index in [1.807, 2.05) is 28.8 Å². The Morgan fingerprint density at radius 2 is 1.84 bits per heavy atom. The van der Waals surface area contributed by atoms with E-state index in [4.69, 9.17) is 18.9 Å². The van der Waals surface area contributed by atoms with Crippen molar-refractivity contribution in [1.29, 1.82) is 0 Å². The zero-order valence-electron chi connectivity index (χ0n) is 18.0. The Bertz CT molecular complexity index is 1100. The van der Waals surface area contributed by atoms with Crippen LogP contribution < -0.4 is 25.0 Å². The summed E-state index contributed by atoms with van der Waals surface area (Å²) in [6.07, 6.45) is 1.67. The fourth-order valence-corrected chi connectivity index (χ4v) is 3.51. The van der Waals surface area contributed by atoms with Crippen molar-refractivity contribution in [2.24, 2.45) is 0 Å². The minimum atomic E-state index is -0.442. The lowest BCUT2D eigenvalue weighted by molar-refractivity contribution is -0.118. The topological polar surface area (TPSA) is 114 Å². The number of ether oxygens (including phenoxy) is 4. The van der Waals surface area contributed by atoms with E-state index >= 15 is 0 Å². The molecular weight excluding hydrogens is 436 g/mol. The zero-order chi connectivity index (χ0) is 22.9. The molecule has 0 spiro atoms. The number of carbonyl (C=O) groups excluding carboxylic acids is 1. The minimum absolute atomic E-state index is 0.115. The number of nitrogens with one attached hydrogen (secondary N) is 1. The van der Waals surface area contributed by atoms with Crippen molar-refractivity contribution >= 4 is 22.4 Å². The molecule has 0 saturated carbocycles. The number of rotatable bonds is 11. The van der Waals surface area contributed by atoms with Crippen molar-refractivity contribution < 1.29 is 23.7 Å². The Kier molecular flexibility index (Phi) is 8.17. The second-order valence-corrected chi connectivity index (χ2v) is 7.64. The van der Waals surface area contributed by atoms with Gasteiger partial charge in [-0.05, 0) is 31.2 Å². The van der Waals surface area contributed by atoms with Crippen LogP contribution in [0.4, 0.5) is 5.13 Å². The Labute approximate surface area is 188 Å². The molecule has 1 aromatic carbocycles. The highest BCUT2D eigenvalue weighted by Gasteiger charge is 2.13. The Balaban J connectivity index is 1.55. The monoisotopic (exact) mass is 460 g/mol. The molecule has 2 heterocycles. The van der Waals surface area contributed by atoms with Crippen LogP contribution >= 0.6 is 11.3 Å². The number of amides is 1. The van der Waals surface area contributed by atoms with E-state index in [0.29, 0.717) is 41.3 Å². The van der Waals surface area contributed by atoms with E-state index in [1.165, 1.54) is 17.4 Å². The van der Waals surface area contributed by atoms with Gasteiger partial charge in [0, 0.05) is 19.4 Å². The first-order valence-corrected chi connectivity index (χ1v) is 10.5. The summed E-state index contributed by atoms with van der Waals surface area (Å²) in [5.74, 6) is 1.13. The van der Waals surface area contributed by atoms with Crippen molar-refractivity contribution in [1.82, 2.24) is 14.8 Å². The quantitative estimate of drug-likeness (QED) is 0.464. The molecule has 0 atom stereocenters. The zero-order valence-corrected chi connectivity index (χ0v) is 18.8. The summed E-state index contributed by atoms with van der Waals surface area (Å²) in [5, 5.41) is 11.3. The fraction of sp³-hybridized carbons (Fsp3) is 0.333. The largest absolute Gasteiger partial charge is 0.497 e. The van der Waals surface area contributed by atoms with Gasteiger partial charge in [0.1, 0.15) is 29.7 Å². The molecule has 2 aromatic heterocycles. The molecule has 1 amide bonds. The first kappa shape index (κ1) is 23.2. The smallest absolute Gasteiger partial charge is 0.264 e. The summed E-state index contributed by atoms with van der Waals surface area (Å²) in [7, 11) is 3.15. The van der Waals surface area contributed by atoms with E-state index in [1.54, 1.807) is 27.3 Å². The molecule has 0 fully saturated rings. The first-order valence-electron chi connectivity index (χ1n) is 9.71. The van der Waals surface area contributed by atoms with Gasteiger partial charge in [-0.25, -0.2) is 0 Å². The number of carbonyl (C=O) groups is 1. The lowest BCUT2D eigenvalue weighted by Crippen LogP contribution is -2.24. The van der Waals surface area contributed by atoms with Gasteiger partial charge in [-0.3, -0.25) is 14.9 Å². The van der Waals surface area contributed by atoms with Gasteiger partial charge in [-0.15, -0.1) is 10.2 Å². The van der Waals surface area contributed by atoms with E-state index in [2.05, 4.69) is 15.5 Å². The predicted molar refractivity (Wildman–Crippen MR) is 119 cm³/mol. The van der Waals surface area contributed by atoms with Crippen molar-refractivity contribution in [2.75, 3.05) is 32.8 Å². The van der Waals surface area contributed by atoms with Crippen molar-refractivity contribution in [3.05, 3.63) is 57.5 Å². The maximum atomic E-state index is 12.2. The van der Waals surface area contributed by atoms with E-state index in [0.717, 1.165) is 5.75 Å². The van der Waals surface area contributed by atoms with Crippen molar-refractivity contribution in [3.63, 3.8) is 0 Å². The number of hydrogen-bond acceptors (Lipinski definition) is 9. The maximum absolute atomic E-state index is 12.2. The lowest BCUT2D eigenvalue weighted by atomic mass is 10.3. The summed E-state index contributed by atoms with van der Waals surface area (Å²) >= 11 is 1.20. The molecule has 0 saturated heterocycles. The van der Waals surface area contributed by atoms with Crippen LogP contribution in [0.1, 0.15) is 10.7 Å². The molecule has 0 aliphatic rings. The van der Waals surface area contributed by atoms with Gasteiger partial charge in [0.25, 0.3) is 5.91 Å². The molecule has 0 aliphatic carbocycles. The lowest BCUT2D eigenvalue weighted by Gasteiger charge is -2.15. The van der Waals surface area contributed by atoms with Gasteiger partial charge in [-0.1, -0.05) is 11.3 Å². The predicted octanol–water partition coefficient (Wildman–Crippen LogP) is 2.26. The highest BCUT2D eigenvalue weighted by Crippen LogP contribution is 2.18. The molecule has 1 N–H and O–H groups in total. The average molecular weight is 461 g/mol. The van der Waals surface area contributed by atoms with Crippen molar-refractivity contribution in [3.8, 4) is 17.2 Å². The molecule has 0 bridgehead atoms. The van der Waals surface area contributed by atoms with E-state index in [9.17, 15) is 9.59 Å². The van der Waals surface area contributed by atoms with Crippen LogP contribution in [-0.2, 0) is 22.7 Å². The maximum Gasteiger partial charge on any atom is 0.264 e. The Morgan fingerprint density at radius 3 is 2.56 bits per heavy atom. The Morgan fingerprint density at radius 1 is 1.09 bits per heavy atom. The van der Waals surface area contributed by atoms with Crippen LogP contribution in [0.5, 0.6) is 17.2 Å². The molecule has 3 aromatic rings. The van der Waals surface area contributed by atoms with Gasteiger partial charge in [0.05, 0.1) is 19.3 Å². The number of pyridine rings is 1. The number of aromatic nitrogens is 3. The highest BCUT2D eigenvalue weighted by molar-refractivity contribution is 7.15. The summed E-state index contributed by atoms with van der Waals surface area (Å²) in [4.78, 5) is 24.4. The average Bonchev–Trinajstić information content (AvgIpc) is 3.22. The summed E-state index contributed by atoms with van der Waals surface area (Å²) in [5.41, 5.74) is 0.294. The normalized spacial score (nSPS) is 10.6. The van der Waals surface area contributed by atoms with Gasteiger partial charge < -0.3 is 23.5 Å². The van der Waals surface area contributed by atoms with Crippen LogP contribution in [0.25, 0.3) is 0 Å². The second kappa shape index (κ2) is 11.3. The van der Waals surface area contributed by atoms with Crippen LogP contribution in [0.2, 0.25) is 0 Å². The molecule has 32 heavy (non-hydrogen) atoms. The van der Waals surface area contributed by atoms with Gasteiger partial charge in [0.2, 0.25) is 10.6 Å². The van der Waals surface area contributed by atoms with Gasteiger partial charge in [-0.2, -0.15) is 0 Å². The Hall–Kier alpha value is -3.44. The molecule has 0 unspecified atom stereocenters. The fourth-order valence-electron chi connectivity index (χ4n) is 2.78. The van der Waals surface area contributed by atoms with E-state index < -0.39 is 5.91 Å². The number of methoxy groups -OCH3 is 2. The summed E-state index contributed by atoms with van der Waals surface area (Å²) in [6, 6.07) is 8.67. The highest BCUT2D eigenvalue weighted by atomic mass is 32.1. The molecule has 10 nitrogen and oxygen atoms in total. The van der Waals surface area contributed by atoms with Crippen LogP contribution in [0.3, 0.4) is 0 Å². The molecule has 0 aliphatic heterocycles. The SMILES string of the molecule is COCc1nnc(NC(=O)COc2c(C)n(CCOc3ccc(OC)cc3)ccc2=O)s1. The standard InChI is InChI=1S/C21H24N4O6S/c1-14-20(31-12-18(27)22-21-24-23-19(32-21)13-28-2)17(26)8-9-25(14)10-11-30-16-6-4-15(29-3)5-7-16/h4-9H,10-13H2,1-3H3,(H,22,24,27). The van der Waals surface area contributed by atoms with Crippen LogP contribution in [0, 0.1) is 6.92 Å². The number of hydrogen-bond donors (Lipinski definition) is 1. The second-order valence-electron chi connectivity index (χ2n) is 6.58. The number of nitrogens with zero attached hydrogens (tertiary/aromatic N) is 3. The minimum Gasteiger partial charge on any atom is -0.497 e. The first-order chi connectivity index (χ1) is 15.5. The third-order valence-corrected chi connectivity index (χ3v) is 5.19. The van der Waals surface area contributed by atoms with E-state index in [-0.39, 0.29) is 17.8 Å². The summed E-state index contributed by atoms with van der Waals surface area (Å²) < 4.78 is 23.2. The third-order valence-electron chi connectivity index (χ3n) is 4.38. The molecule has 170 valence electrons. The number of benzene rings is 1. The molecule has 11 heteroatoms. The van der Waals surface area contributed by atoms with Crippen LogP contribution in [0.15, 0.2) is 41.3 Å². The summed E-state index contributed by atoms with van der Waals surface area (Å²) in [6.45, 7) is 2.62. The van der Waals surface area contributed by atoms with Gasteiger partial charge >= 0.3 is 0 Å². The molecular formula is C21H24N4O6S. The third kappa shape index (κ3) is 6.28. The van der Waals surface area contributed by atoms with Crippen molar-refractivity contribution in [2.45, 2.75) is 20.1 Å². The number of anilines is 1. The molecule has 3 rings (SSSR count). The molecule has 0 radical (unpaired) electrons. The van der Waals surface area contributed by atoms with Gasteiger partial charge in [0.15, 0.2) is 12.4 Å².